The fourth-order valence-corrected chi connectivity index (χ4v) is 2.93. The molecule has 0 saturated carbocycles. The number of benzene rings is 2. The van der Waals surface area contributed by atoms with E-state index in [4.69, 9.17) is 4.74 Å². The van der Waals surface area contributed by atoms with Gasteiger partial charge in [0.2, 0.25) is 5.91 Å². The van der Waals surface area contributed by atoms with Gasteiger partial charge in [0, 0.05) is 30.4 Å². The summed E-state index contributed by atoms with van der Waals surface area (Å²) in [5.74, 6) is 0.775. The second-order valence-corrected chi connectivity index (χ2v) is 6.78. The zero-order valence-electron chi connectivity index (χ0n) is 13.9. The van der Waals surface area contributed by atoms with E-state index in [0.717, 1.165) is 22.0 Å². The Morgan fingerprint density at radius 2 is 1.87 bits per heavy atom. The molecule has 1 amide bonds. The predicted molar refractivity (Wildman–Crippen MR) is 97.7 cm³/mol. The minimum absolute atomic E-state index is 0.0181. The van der Waals surface area contributed by atoms with E-state index in [9.17, 15) is 4.79 Å². The molecule has 5 heteroatoms. The molecule has 2 aromatic carbocycles. The molecule has 0 unspecified atom stereocenters. The highest BCUT2D eigenvalue weighted by Gasteiger charge is 2.15. The average molecular weight is 330 g/mol. The second-order valence-electron chi connectivity index (χ2n) is 5.37. The van der Waals surface area contributed by atoms with Crippen molar-refractivity contribution < 1.29 is 9.53 Å². The lowest BCUT2D eigenvalue weighted by Gasteiger charge is -2.15. The minimum Gasteiger partial charge on any atom is -0.497 e. The van der Waals surface area contributed by atoms with Gasteiger partial charge >= 0.3 is 0 Å². The third kappa shape index (κ3) is 4.93. The van der Waals surface area contributed by atoms with Gasteiger partial charge in [0.25, 0.3) is 0 Å². The summed E-state index contributed by atoms with van der Waals surface area (Å²) in [4.78, 5) is 15.3. The number of thioether (sulfide) groups is 1. The highest BCUT2D eigenvalue weighted by molar-refractivity contribution is 8.00. The first-order valence-electron chi connectivity index (χ1n) is 7.38. The van der Waals surface area contributed by atoms with Gasteiger partial charge in [0.05, 0.1) is 12.4 Å². The van der Waals surface area contributed by atoms with E-state index >= 15 is 0 Å². The summed E-state index contributed by atoms with van der Waals surface area (Å²) in [6.07, 6.45) is 0. The Labute approximate surface area is 141 Å². The van der Waals surface area contributed by atoms with Crippen molar-refractivity contribution in [2.45, 2.75) is 17.1 Å². The number of amides is 1. The Kier molecular flexibility index (Phi) is 5.93. The van der Waals surface area contributed by atoms with Crippen LogP contribution in [0, 0.1) is 0 Å². The Bertz CT molecular complexity index is 656. The normalized spacial score (nSPS) is 11.7. The third-order valence-corrected chi connectivity index (χ3v) is 4.47. The molecular weight excluding hydrogens is 308 g/mol. The van der Waals surface area contributed by atoms with Crippen LogP contribution in [0.15, 0.2) is 53.4 Å². The number of methoxy groups -OCH3 is 1. The molecule has 1 N–H and O–H groups in total. The Balaban J connectivity index is 1.96. The summed E-state index contributed by atoms with van der Waals surface area (Å²) in [5.41, 5.74) is 1.90. The van der Waals surface area contributed by atoms with Crippen molar-refractivity contribution in [3.05, 3.63) is 48.5 Å². The molecule has 0 aromatic heterocycles. The van der Waals surface area contributed by atoms with E-state index in [2.05, 4.69) is 5.32 Å². The Morgan fingerprint density at radius 3 is 2.48 bits per heavy atom. The molecule has 0 saturated heterocycles. The molecule has 0 bridgehead atoms. The van der Waals surface area contributed by atoms with Crippen molar-refractivity contribution in [2.75, 3.05) is 31.4 Å². The number of nitrogens with zero attached hydrogens (tertiary/aromatic N) is 1. The zero-order chi connectivity index (χ0) is 16.8. The number of rotatable bonds is 6. The second kappa shape index (κ2) is 7.92. The Hall–Kier alpha value is -2.14. The quantitative estimate of drug-likeness (QED) is 0.816. The molecule has 0 heterocycles. The molecule has 4 nitrogen and oxygen atoms in total. The molecule has 2 aromatic rings. The molecule has 122 valence electrons. The van der Waals surface area contributed by atoms with E-state index in [1.54, 1.807) is 7.11 Å². The van der Waals surface area contributed by atoms with Crippen LogP contribution in [-0.2, 0) is 4.79 Å². The monoisotopic (exact) mass is 330 g/mol. The summed E-state index contributed by atoms with van der Waals surface area (Å²) in [6, 6.07) is 15.5. The van der Waals surface area contributed by atoms with Gasteiger partial charge in [0.15, 0.2) is 0 Å². The lowest BCUT2D eigenvalue weighted by Crippen LogP contribution is -2.22. The van der Waals surface area contributed by atoms with Gasteiger partial charge in [0.1, 0.15) is 5.75 Å². The number of hydrogen-bond donors (Lipinski definition) is 1. The largest absolute Gasteiger partial charge is 0.497 e. The van der Waals surface area contributed by atoms with E-state index < -0.39 is 0 Å². The summed E-state index contributed by atoms with van der Waals surface area (Å²) in [7, 11) is 5.61. The van der Waals surface area contributed by atoms with E-state index in [1.165, 1.54) is 11.8 Å². The van der Waals surface area contributed by atoms with Crippen LogP contribution >= 0.6 is 11.8 Å². The molecule has 0 spiro atoms. The minimum atomic E-state index is -0.198. The fraction of sp³-hybridized carbons (Fsp3) is 0.278. The van der Waals surface area contributed by atoms with Gasteiger partial charge < -0.3 is 15.0 Å². The zero-order valence-corrected chi connectivity index (χ0v) is 14.7. The number of hydrogen-bond acceptors (Lipinski definition) is 4. The van der Waals surface area contributed by atoms with Crippen LogP contribution in [-0.4, -0.2) is 32.4 Å². The summed E-state index contributed by atoms with van der Waals surface area (Å²) < 4.78 is 5.21. The maximum Gasteiger partial charge on any atom is 0.237 e. The SMILES string of the molecule is COc1cccc(S[C@@H](C)C(=O)Nc2ccc(N(C)C)cc2)c1. The van der Waals surface area contributed by atoms with Crippen molar-refractivity contribution in [1.29, 1.82) is 0 Å². The number of nitrogens with one attached hydrogen (secondary N) is 1. The van der Waals surface area contributed by atoms with Crippen LogP contribution < -0.4 is 15.0 Å². The van der Waals surface area contributed by atoms with Gasteiger partial charge in [-0.05, 0) is 49.4 Å². The summed E-state index contributed by atoms with van der Waals surface area (Å²) in [6.45, 7) is 1.90. The Morgan fingerprint density at radius 1 is 1.17 bits per heavy atom. The van der Waals surface area contributed by atoms with Crippen LogP contribution in [0.25, 0.3) is 0 Å². The highest BCUT2D eigenvalue weighted by Crippen LogP contribution is 2.27. The lowest BCUT2D eigenvalue weighted by atomic mass is 10.2. The third-order valence-electron chi connectivity index (χ3n) is 3.37. The maximum atomic E-state index is 12.3. The lowest BCUT2D eigenvalue weighted by molar-refractivity contribution is -0.115. The maximum absolute atomic E-state index is 12.3. The standard InChI is InChI=1S/C18H22N2O2S/c1-13(23-17-7-5-6-16(12-17)22-4)18(21)19-14-8-10-15(11-9-14)20(2)3/h5-13H,1-4H3,(H,19,21)/t13-/m0/s1. The van der Waals surface area contributed by atoms with Crippen LogP contribution in [0.2, 0.25) is 0 Å². The number of anilines is 2. The first kappa shape index (κ1) is 17.2. The molecule has 2 rings (SSSR count). The molecule has 0 aliphatic rings. The van der Waals surface area contributed by atoms with Gasteiger partial charge in [-0.25, -0.2) is 0 Å². The first-order chi connectivity index (χ1) is 11.0. The molecule has 1 atom stereocenters. The number of carbonyl (C=O) groups is 1. The number of ether oxygens (including phenoxy) is 1. The smallest absolute Gasteiger partial charge is 0.237 e. The van der Waals surface area contributed by atoms with Gasteiger partial charge in [-0.2, -0.15) is 0 Å². The average Bonchev–Trinajstić information content (AvgIpc) is 2.55. The molecule has 0 aliphatic carbocycles. The molecule has 0 radical (unpaired) electrons. The molecule has 23 heavy (non-hydrogen) atoms. The van der Waals surface area contributed by atoms with Crippen LogP contribution in [0.1, 0.15) is 6.92 Å². The van der Waals surface area contributed by atoms with Gasteiger partial charge in [-0.3, -0.25) is 4.79 Å². The predicted octanol–water partition coefficient (Wildman–Crippen LogP) is 3.88. The molecule has 0 aliphatic heterocycles. The van der Waals surface area contributed by atoms with E-state index in [0.29, 0.717) is 0 Å². The van der Waals surface area contributed by atoms with Gasteiger partial charge in [-0.15, -0.1) is 11.8 Å². The van der Waals surface area contributed by atoms with E-state index in [1.807, 2.05) is 74.4 Å². The topological polar surface area (TPSA) is 41.6 Å². The summed E-state index contributed by atoms with van der Waals surface area (Å²) >= 11 is 1.51. The first-order valence-corrected chi connectivity index (χ1v) is 8.26. The van der Waals surface area contributed by atoms with Crippen LogP contribution in [0.3, 0.4) is 0 Å². The van der Waals surface area contributed by atoms with Crippen LogP contribution in [0.5, 0.6) is 5.75 Å². The van der Waals surface area contributed by atoms with Crippen LogP contribution in [0.4, 0.5) is 11.4 Å². The summed E-state index contributed by atoms with van der Waals surface area (Å²) in [5, 5.41) is 2.75. The number of carbonyl (C=O) groups excluding carboxylic acids is 1. The fourth-order valence-electron chi connectivity index (χ4n) is 2.02. The van der Waals surface area contributed by atoms with E-state index in [-0.39, 0.29) is 11.2 Å². The molecule has 0 fully saturated rings. The van der Waals surface area contributed by atoms with Crippen molar-refractivity contribution in [3.8, 4) is 5.75 Å². The van der Waals surface area contributed by atoms with Crippen molar-refractivity contribution in [1.82, 2.24) is 0 Å². The molecular formula is C18H22N2O2S. The highest BCUT2D eigenvalue weighted by atomic mass is 32.2. The van der Waals surface area contributed by atoms with Crippen molar-refractivity contribution in [3.63, 3.8) is 0 Å². The van der Waals surface area contributed by atoms with Crippen molar-refractivity contribution in [2.24, 2.45) is 0 Å². The van der Waals surface area contributed by atoms with Crippen molar-refractivity contribution >= 4 is 29.0 Å². The van der Waals surface area contributed by atoms with Gasteiger partial charge in [-0.1, -0.05) is 6.07 Å².